The fourth-order valence-corrected chi connectivity index (χ4v) is 4.36. The van der Waals surface area contributed by atoms with E-state index in [0.29, 0.717) is 54.6 Å². The Morgan fingerprint density at radius 2 is 1.91 bits per heavy atom. The molecule has 1 aromatic carbocycles. The molecule has 1 aliphatic rings. The van der Waals surface area contributed by atoms with E-state index in [1.807, 2.05) is 0 Å². The van der Waals surface area contributed by atoms with Gasteiger partial charge in [-0.25, -0.2) is 9.36 Å². The Hall–Kier alpha value is -3.20. The van der Waals surface area contributed by atoms with Crippen molar-refractivity contribution >= 4 is 34.7 Å². The molecule has 0 aliphatic carbocycles. The molecular formula is C23H29N3O6. The standard InChI is InChI=1S/C23H29N3O6/c1-14(27)25-13-7-12-19(25)21(29)17(24)9-6-11-20-22(32-15(2)28)16-8-4-5-10-18(16)26(20)23(30)31-3/h4-5,8,10,17,19H,6-7,9,11-13,24H2,1-3H3. The molecule has 0 saturated carbocycles. The summed E-state index contributed by atoms with van der Waals surface area (Å²) in [6.45, 7) is 3.33. The highest BCUT2D eigenvalue weighted by molar-refractivity contribution is 5.97. The third-order valence-corrected chi connectivity index (χ3v) is 5.80. The summed E-state index contributed by atoms with van der Waals surface area (Å²) >= 11 is 0. The summed E-state index contributed by atoms with van der Waals surface area (Å²) < 4.78 is 11.8. The molecule has 2 heterocycles. The average molecular weight is 444 g/mol. The smallest absolute Gasteiger partial charge is 0.418 e. The number of Topliss-reactive ketones (excluding diaryl/α,β-unsaturated/α-hetero) is 1. The SMILES string of the molecule is COC(=O)n1c(CCCC(N)C(=O)C2CCCN2C(C)=O)c(OC(C)=O)c2ccccc21. The number of rotatable bonds is 7. The number of ketones is 1. The first-order valence-electron chi connectivity index (χ1n) is 10.7. The topological polar surface area (TPSA) is 121 Å². The van der Waals surface area contributed by atoms with E-state index in [0.717, 1.165) is 6.42 Å². The van der Waals surface area contributed by atoms with Gasteiger partial charge in [-0.15, -0.1) is 0 Å². The summed E-state index contributed by atoms with van der Waals surface area (Å²) in [5.74, 6) is -0.471. The number of para-hydroxylation sites is 1. The Labute approximate surface area is 186 Å². The van der Waals surface area contributed by atoms with Crippen molar-refractivity contribution in [1.29, 1.82) is 0 Å². The molecule has 2 atom stereocenters. The molecule has 1 amide bonds. The first kappa shape index (κ1) is 23.5. The van der Waals surface area contributed by atoms with Crippen LogP contribution in [0.3, 0.4) is 0 Å². The minimum atomic E-state index is -0.729. The molecule has 0 spiro atoms. The maximum atomic E-state index is 12.8. The number of esters is 1. The molecule has 0 radical (unpaired) electrons. The lowest BCUT2D eigenvalue weighted by Gasteiger charge is -2.24. The largest absolute Gasteiger partial charge is 0.452 e. The van der Waals surface area contributed by atoms with Gasteiger partial charge in [-0.05, 0) is 44.2 Å². The number of nitrogens with two attached hydrogens (primary N) is 1. The Bertz CT molecular complexity index is 1040. The second-order valence-electron chi connectivity index (χ2n) is 7.96. The van der Waals surface area contributed by atoms with E-state index in [9.17, 15) is 19.2 Å². The van der Waals surface area contributed by atoms with Crippen molar-refractivity contribution in [2.24, 2.45) is 5.73 Å². The van der Waals surface area contributed by atoms with Crippen molar-refractivity contribution in [3.63, 3.8) is 0 Å². The third-order valence-electron chi connectivity index (χ3n) is 5.80. The van der Waals surface area contributed by atoms with E-state index in [1.165, 1.54) is 25.5 Å². The van der Waals surface area contributed by atoms with Crippen LogP contribution in [-0.2, 0) is 25.5 Å². The number of carbonyl (C=O) groups is 4. The number of nitrogens with zero attached hydrogens (tertiary/aromatic N) is 2. The molecule has 1 aromatic heterocycles. The van der Waals surface area contributed by atoms with Gasteiger partial charge in [0.1, 0.15) is 0 Å². The molecule has 9 nitrogen and oxygen atoms in total. The van der Waals surface area contributed by atoms with Gasteiger partial charge in [0.25, 0.3) is 0 Å². The van der Waals surface area contributed by atoms with E-state index < -0.39 is 24.1 Å². The zero-order valence-electron chi connectivity index (χ0n) is 18.6. The summed E-state index contributed by atoms with van der Waals surface area (Å²) in [4.78, 5) is 50.4. The molecule has 0 bridgehead atoms. The number of fused-ring (bicyclic) bond motifs is 1. The Morgan fingerprint density at radius 3 is 2.56 bits per heavy atom. The molecule has 2 N–H and O–H groups in total. The molecule has 9 heteroatoms. The predicted molar refractivity (Wildman–Crippen MR) is 117 cm³/mol. The van der Waals surface area contributed by atoms with Crippen molar-refractivity contribution in [3.05, 3.63) is 30.0 Å². The van der Waals surface area contributed by atoms with Crippen molar-refractivity contribution in [1.82, 2.24) is 9.47 Å². The Morgan fingerprint density at radius 1 is 1.19 bits per heavy atom. The zero-order valence-corrected chi connectivity index (χ0v) is 18.6. The normalized spacial score (nSPS) is 16.8. The van der Waals surface area contributed by atoms with E-state index in [-0.39, 0.29) is 11.7 Å². The second-order valence-corrected chi connectivity index (χ2v) is 7.96. The van der Waals surface area contributed by atoms with Crippen LogP contribution in [0.5, 0.6) is 5.75 Å². The number of ether oxygens (including phenoxy) is 2. The van der Waals surface area contributed by atoms with Crippen LogP contribution < -0.4 is 10.5 Å². The minimum Gasteiger partial charge on any atom is -0.452 e. The van der Waals surface area contributed by atoms with Gasteiger partial charge in [0.05, 0.1) is 30.4 Å². The lowest BCUT2D eigenvalue weighted by atomic mass is 9.98. The maximum absolute atomic E-state index is 12.8. The fraction of sp³-hybridized carbons (Fsp3) is 0.478. The summed E-state index contributed by atoms with van der Waals surface area (Å²) in [7, 11) is 1.28. The molecule has 2 aromatic rings. The quantitative estimate of drug-likeness (QED) is 0.652. The molecule has 2 unspecified atom stereocenters. The number of likely N-dealkylation sites (tertiary alicyclic amines) is 1. The number of amides is 1. The van der Waals surface area contributed by atoms with Crippen LogP contribution >= 0.6 is 0 Å². The van der Waals surface area contributed by atoms with Crippen LogP contribution in [0.15, 0.2) is 24.3 Å². The molecule has 1 fully saturated rings. The van der Waals surface area contributed by atoms with E-state index in [2.05, 4.69) is 0 Å². The van der Waals surface area contributed by atoms with Crippen LogP contribution in [0.25, 0.3) is 10.9 Å². The second kappa shape index (κ2) is 9.95. The summed E-state index contributed by atoms with van der Waals surface area (Å²) in [6.07, 6.45) is 1.99. The van der Waals surface area contributed by atoms with Gasteiger partial charge in [-0.2, -0.15) is 0 Å². The monoisotopic (exact) mass is 443 g/mol. The van der Waals surface area contributed by atoms with Crippen LogP contribution in [0.1, 0.15) is 45.2 Å². The molecule has 1 saturated heterocycles. The average Bonchev–Trinajstić information content (AvgIpc) is 3.36. The summed E-state index contributed by atoms with van der Waals surface area (Å²) in [6, 6.07) is 5.88. The minimum absolute atomic E-state index is 0.123. The molecular weight excluding hydrogens is 414 g/mol. The Kier molecular flexibility index (Phi) is 7.29. The van der Waals surface area contributed by atoms with Crippen molar-refractivity contribution < 1.29 is 28.7 Å². The highest BCUT2D eigenvalue weighted by Gasteiger charge is 2.34. The van der Waals surface area contributed by atoms with Crippen molar-refractivity contribution in [2.75, 3.05) is 13.7 Å². The first-order valence-corrected chi connectivity index (χ1v) is 10.7. The lowest BCUT2D eigenvalue weighted by Crippen LogP contribution is -2.46. The number of benzene rings is 1. The fourth-order valence-electron chi connectivity index (χ4n) is 4.36. The predicted octanol–water partition coefficient (Wildman–Crippen LogP) is 2.41. The van der Waals surface area contributed by atoms with E-state index in [1.54, 1.807) is 29.2 Å². The van der Waals surface area contributed by atoms with Crippen molar-refractivity contribution in [2.45, 2.75) is 58.0 Å². The summed E-state index contributed by atoms with van der Waals surface area (Å²) in [5, 5.41) is 0.617. The van der Waals surface area contributed by atoms with Gasteiger partial charge >= 0.3 is 12.1 Å². The van der Waals surface area contributed by atoms with Gasteiger partial charge in [0.2, 0.25) is 5.91 Å². The highest BCUT2D eigenvalue weighted by atomic mass is 16.5. The van der Waals surface area contributed by atoms with Gasteiger partial charge in [-0.3, -0.25) is 14.4 Å². The van der Waals surface area contributed by atoms with Gasteiger partial charge in [0, 0.05) is 25.8 Å². The summed E-state index contributed by atoms with van der Waals surface area (Å²) in [5.41, 5.74) is 7.22. The number of hydrogen-bond donors (Lipinski definition) is 1. The van der Waals surface area contributed by atoms with Gasteiger partial charge < -0.3 is 20.1 Å². The molecule has 172 valence electrons. The number of hydrogen-bond acceptors (Lipinski definition) is 7. The highest BCUT2D eigenvalue weighted by Crippen LogP contribution is 2.35. The maximum Gasteiger partial charge on any atom is 0.418 e. The van der Waals surface area contributed by atoms with Crippen LogP contribution in [0.2, 0.25) is 0 Å². The molecule has 1 aliphatic heterocycles. The van der Waals surface area contributed by atoms with E-state index in [4.69, 9.17) is 15.2 Å². The van der Waals surface area contributed by atoms with Gasteiger partial charge in [0.15, 0.2) is 11.5 Å². The van der Waals surface area contributed by atoms with Crippen molar-refractivity contribution in [3.8, 4) is 5.75 Å². The van der Waals surface area contributed by atoms with Crippen LogP contribution in [0.4, 0.5) is 4.79 Å². The third kappa shape index (κ3) is 4.67. The van der Waals surface area contributed by atoms with Crippen LogP contribution in [0, 0.1) is 0 Å². The molecule has 32 heavy (non-hydrogen) atoms. The zero-order chi connectivity index (χ0) is 23.4. The van der Waals surface area contributed by atoms with Crippen LogP contribution in [-0.4, -0.2) is 59.0 Å². The number of methoxy groups -OCH3 is 1. The molecule has 3 rings (SSSR count). The van der Waals surface area contributed by atoms with Gasteiger partial charge in [-0.1, -0.05) is 12.1 Å². The Balaban J connectivity index is 1.81. The number of carbonyl (C=O) groups excluding carboxylic acids is 4. The lowest BCUT2D eigenvalue weighted by molar-refractivity contribution is -0.136. The van der Waals surface area contributed by atoms with E-state index >= 15 is 0 Å². The first-order chi connectivity index (χ1) is 15.3. The number of aromatic nitrogens is 1.